The van der Waals surface area contributed by atoms with Crippen LogP contribution in [0.25, 0.3) is 0 Å². The number of carbonyl (C=O) groups excluding carboxylic acids is 1. The normalized spacial score (nSPS) is 16.3. The molecule has 1 aliphatic heterocycles. The summed E-state index contributed by atoms with van der Waals surface area (Å²) in [6.07, 6.45) is 4.75. The van der Waals surface area contributed by atoms with Gasteiger partial charge in [0.05, 0.1) is 6.61 Å². The van der Waals surface area contributed by atoms with E-state index >= 15 is 0 Å². The van der Waals surface area contributed by atoms with Gasteiger partial charge in [-0.15, -0.1) is 0 Å². The highest BCUT2D eigenvalue weighted by molar-refractivity contribution is 5.78. The van der Waals surface area contributed by atoms with Gasteiger partial charge in [-0.05, 0) is 65.5 Å². The van der Waals surface area contributed by atoms with E-state index in [0.29, 0.717) is 0 Å². The van der Waals surface area contributed by atoms with E-state index in [9.17, 15) is 4.79 Å². The van der Waals surface area contributed by atoms with E-state index in [4.69, 9.17) is 9.47 Å². The van der Waals surface area contributed by atoms with E-state index in [1.807, 2.05) is 54.6 Å². The zero-order chi connectivity index (χ0) is 29.3. The molecule has 0 aliphatic carbocycles. The van der Waals surface area contributed by atoms with Crippen molar-refractivity contribution < 1.29 is 14.3 Å². The summed E-state index contributed by atoms with van der Waals surface area (Å²) < 4.78 is 12.6. The maximum Gasteiger partial charge on any atom is 0.315 e. The van der Waals surface area contributed by atoms with E-state index in [1.54, 1.807) is 0 Å². The Morgan fingerprint density at radius 1 is 0.558 bits per heavy atom. The topological polar surface area (TPSA) is 35.5 Å². The Morgan fingerprint density at radius 2 is 1.02 bits per heavy atom. The summed E-state index contributed by atoms with van der Waals surface area (Å²) >= 11 is 0. The smallest absolute Gasteiger partial charge is 0.315 e. The predicted octanol–water partition coefficient (Wildman–Crippen LogP) is 8.34. The van der Waals surface area contributed by atoms with Crippen molar-refractivity contribution in [2.24, 2.45) is 5.92 Å². The molecule has 0 radical (unpaired) electrons. The first-order chi connectivity index (χ1) is 21.2. The van der Waals surface area contributed by atoms with Crippen LogP contribution in [-0.4, -0.2) is 18.7 Å². The molecule has 5 aromatic rings. The fourth-order valence-electron chi connectivity index (χ4n) is 6.21. The van der Waals surface area contributed by atoms with Crippen LogP contribution in [0.4, 0.5) is 0 Å². The highest BCUT2D eigenvalue weighted by Gasteiger charge is 2.45. The molecule has 0 unspecified atom stereocenters. The summed E-state index contributed by atoms with van der Waals surface area (Å²) in [5.74, 6) is -0.479. The Balaban J connectivity index is 1.14. The van der Waals surface area contributed by atoms with E-state index in [-0.39, 0.29) is 24.6 Å². The Bertz CT molecular complexity index is 1490. The summed E-state index contributed by atoms with van der Waals surface area (Å²) in [4.78, 5) is 12.8. The first kappa shape index (κ1) is 28.6. The molecule has 2 atom stereocenters. The van der Waals surface area contributed by atoms with Crippen LogP contribution in [0.5, 0.6) is 0 Å². The average molecular weight is 567 g/mol. The van der Waals surface area contributed by atoms with Crippen LogP contribution in [-0.2, 0) is 39.1 Å². The Hall–Kier alpha value is -4.47. The first-order valence-corrected chi connectivity index (χ1v) is 15.4. The summed E-state index contributed by atoms with van der Waals surface area (Å²) in [7, 11) is 0. The third-order valence-electron chi connectivity index (χ3n) is 8.52. The summed E-state index contributed by atoms with van der Waals surface area (Å²) in [6, 6.07) is 50.4. The van der Waals surface area contributed by atoms with Crippen molar-refractivity contribution in [3.05, 3.63) is 179 Å². The van der Waals surface area contributed by atoms with E-state index in [0.717, 1.165) is 48.8 Å². The molecule has 1 fully saturated rings. The second-order valence-electron chi connectivity index (χ2n) is 11.4. The van der Waals surface area contributed by atoms with Crippen molar-refractivity contribution in [1.82, 2.24) is 0 Å². The minimum absolute atomic E-state index is 0.158. The molecule has 3 nitrogen and oxygen atoms in total. The maximum absolute atomic E-state index is 12.8. The van der Waals surface area contributed by atoms with Gasteiger partial charge in [0.2, 0.25) is 0 Å². The number of cyclic esters (lactones) is 1. The largest absolute Gasteiger partial charge is 0.461 e. The van der Waals surface area contributed by atoms with Crippen LogP contribution in [0.15, 0.2) is 146 Å². The molecule has 216 valence electrons. The van der Waals surface area contributed by atoms with E-state index < -0.39 is 5.60 Å². The molecule has 1 saturated heterocycles. The average Bonchev–Trinajstić information content (AvgIpc) is 3.07. The van der Waals surface area contributed by atoms with Gasteiger partial charge >= 0.3 is 5.97 Å². The van der Waals surface area contributed by atoms with Gasteiger partial charge in [0.15, 0.2) is 0 Å². The molecular formula is C40H38O3. The van der Waals surface area contributed by atoms with Gasteiger partial charge in [-0.3, -0.25) is 4.79 Å². The molecule has 0 amide bonds. The van der Waals surface area contributed by atoms with Gasteiger partial charge in [-0.1, -0.05) is 146 Å². The molecule has 3 heteroatoms. The molecule has 0 aromatic heterocycles. The van der Waals surface area contributed by atoms with Crippen LogP contribution >= 0.6 is 0 Å². The van der Waals surface area contributed by atoms with Crippen LogP contribution in [0.1, 0.15) is 46.2 Å². The van der Waals surface area contributed by atoms with Crippen molar-refractivity contribution in [2.75, 3.05) is 6.61 Å². The van der Waals surface area contributed by atoms with Gasteiger partial charge in [0.25, 0.3) is 0 Å². The maximum atomic E-state index is 12.8. The third kappa shape index (κ3) is 6.63. The fraction of sp³-hybridized carbons (Fsp3) is 0.225. The molecule has 1 heterocycles. The minimum Gasteiger partial charge on any atom is -0.461 e. The van der Waals surface area contributed by atoms with E-state index in [1.165, 1.54) is 16.7 Å². The Labute approximate surface area is 255 Å². The number of hydrogen-bond acceptors (Lipinski definition) is 3. The SMILES string of the molecule is O=C1O[C@H](CCc2cccc(CCCc3ccccc3)c2)[C@H]1COC(c1ccccc1)(c1ccccc1)c1ccccc1. The van der Waals surface area contributed by atoms with Crippen molar-refractivity contribution in [2.45, 2.75) is 43.8 Å². The number of hydrogen-bond donors (Lipinski definition) is 0. The predicted molar refractivity (Wildman–Crippen MR) is 172 cm³/mol. The van der Waals surface area contributed by atoms with Crippen molar-refractivity contribution in [3.8, 4) is 0 Å². The summed E-state index contributed by atoms with van der Waals surface area (Å²) in [6.45, 7) is 0.279. The second-order valence-corrected chi connectivity index (χ2v) is 11.4. The summed E-state index contributed by atoms with van der Waals surface area (Å²) in [5, 5.41) is 0. The summed E-state index contributed by atoms with van der Waals surface area (Å²) in [5.41, 5.74) is 6.26. The molecule has 5 aromatic carbocycles. The number of aryl methyl sites for hydroxylation is 3. The second kappa shape index (κ2) is 13.7. The Morgan fingerprint density at radius 3 is 1.56 bits per heavy atom. The zero-order valence-corrected chi connectivity index (χ0v) is 24.5. The number of carbonyl (C=O) groups is 1. The fourth-order valence-corrected chi connectivity index (χ4v) is 6.21. The number of benzene rings is 5. The number of ether oxygens (including phenoxy) is 2. The monoisotopic (exact) mass is 566 g/mol. The highest BCUT2D eigenvalue weighted by atomic mass is 16.6. The van der Waals surface area contributed by atoms with Gasteiger partial charge in [0.1, 0.15) is 17.6 Å². The lowest BCUT2D eigenvalue weighted by atomic mass is 9.79. The highest BCUT2D eigenvalue weighted by Crippen LogP contribution is 2.42. The lowest BCUT2D eigenvalue weighted by Gasteiger charge is -2.40. The van der Waals surface area contributed by atoms with Crippen LogP contribution in [0.3, 0.4) is 0 Å². The van der Waals surface area contributed by atoms with Crippen LogP contribution in [0, 0.1) is 5.92 Å². The quantitative estimate of drug-likeness (QED) is 0.106. The van der Waals surface area contributed by atoms with Gasteiger partial charge in [-0.25, -0.2) is 0 Å². The molecule has 43 heavy (non-hydrogen) atoms. The molecule has 6 rings (SSSR count). The van der Waals surface area contributed by atoms with Crippen LogP contribution in [0.2, 0.25) is 0 Å². The standard InChI is InChI=1S/C40H38O3/c41-39-37(38(43-39)28-27-33-20-14-19-32(29-33)18-13-17-31-15-5-1-6-16-31)30-42-40(34-21-7-2-8-22-34,35-23-9-3-10-24-35)36-25-11-4-12-26-36/h1-12,14-16,19-26,29,37-38H,13,17-18,27-28,30H2/t37-,38-/m1/s1. The zero-order valence-electron chi connectivity index (χ0n) is 24.5. The Kier molecular flexibility index (Phi) is 9.10. The lowest BCUT2D eigenvalue weighted by molar-refractivity contribution is -0.194. The van der Waals surface area contributed by atoms with E-state index in [2.05, 4.69) is 91.0 Å². The van der Waals surface area contributed by atoms with Crippen molar-refractivity contribution >= 4 is 5.97 Å². The third-order valence-corrected chi connectivity index (χ3v) is 8.52. The molecular weight excluding hydrogens is 528 g/mol. The molecule has 1 aliphatic rings. The van der Waals surface area contributed by atoms with Crippen molar-refractivity contribution in [1.29, 1.82) is 0 Å². The molecule has 0 saturated carbocycles. The van der Waals surface area contributed by atoms with Gasteiger partial charge < -0.3 is 9.47 Å². The number of esters is 1. The molecule has 0 spiro atoms. The molecule has 0 N–H and O–H groups in total. The van der Waals surface area contributed by atoms with Gasteiger partial charge in [-0.2, -0.15) is 0 Å². The van der Waals surface area contributed by atoms with Gasteiger partial charge in [0, 0.05) is 0 Å². The van der Waals surface area contributed by atoms with Crippen molar-refractivity contribution in [3.63, 3.8) is 0 Å². The lowest BCUT2D eigenvalue weighted by Crippen LogP contribution is -2.49. The van der Waals surface area contributed by atoms with Crippen LogP contribution < -0.4 is 0 Å². The number of rotatable bonds is 13. The molecule has 0 bridgehead atoms. The first-order valence-electron chi connectivity index (χ1n) is 15.4. The minimum atomic E-state index is -0.849.